The number of carbonyl (C=O) groups excluding carboxylic acids is 2. The number of pyridine rings is 1. The normalized spacial score (nSPS) is 19.0. The van der Waals surface area contributed by atoms with Gasteiger partial charge in [-0.15, -0.1) is 10.2 Å². The van der Waals surface area contributed by atoms with E-state index in [9.17, 15) is 9.59 Å². The molecule has 2 aliphatic rings. The number of nitrogens with two attached hydrogens (primary N) is 2. The molecule has 3 heterocycles. The second kappa shape index (κ2) is 14.1. The van der Waals surface area contributed by atoms with Gasteiger partial charge in [-0.05, 0) is 84.8 Å². The second-order valence-electron chi connectivity index (χ2n) is 11.9. The summed E-state index contributed by atoms with van der Waals surface area (Å²) >= 11 is 0. The summed E-state index contributed by atoms with van der Waals surface area (Å²) in [4.78, 5) is 35.0. The minimum Gasteiger partial charge on any atom is -0.378 e. The van der Waals surface area contributed by atoms with Crippen LogP contribution in [-0.4, -0.2) is 76.3 Å². The van der Waals surface area contributed by atoms with Gasteiger partial charge in [0.05, 0.1) is 13.2 Å². The van der Waals surface area contributed by atoms with Crippen molar-refractivity contribution in [2.24, 2.45) is 23.3 Å². The highest BCUT2D eigenvalue weighted by Crippen LogP contribution is 2.34. The van der Waals surface area contributed by atoms with Crippen LogP contribution in [0.4, 0.5) is 15.9 Å². The van der Waals surface area contributed by atoms with E-state index in [1.807, 2.05) is 29.2 Å². The Labute approximate surface area is 266 Å². The molecule has 1 saturated carbocycles. The Hall–Kier alpha value is -4.75. The molecule has 1 aliphatic carbocycles. The van der Waals surface area contributed by atoms with Crippen LogP contribution in [-0.2, 0) is 20.7 Å². The lowest BCUT2D eigenvalue weighted by Crippen LogP contribution is -2.52. The van der Waals surface area contributed by atoms with Crippen molar-refractivity contribution in [3.05, 3.63) is 72.2 Å². The lowest BCUT2D eigenvalue weighted by molar-refractivity contribution is -0.127. The number of halogens is 1. The van der Waals surface area contributed by atoms with E-state index >= 15 is 4.39 Å². The van der Waals surface area contributed by atoms with E-state index in [1.165, 1.54) is 0 Å². The molecule has 2 amide bonds. The maximum absolute atomic E-state index is 15.6. The number of amides is 2. The highest BCUT2D eigenvalue weighted by molar-refractivity contribution is 6.01. The first kappa shape index (κ1) is 31.2. The number of nitrogens with one attached hydrogen (secondary N) is 1. The van der Waals surface area contributed by atoms with E-state index in [0.29, 0.717) is 85.6 Å². The zero-order valence-electron chi connectivity index (χ0n) is 25.5. The number of benzene rings is 2. The second-order valence-corrected chi connectivity index (χ2v) is 11.9. The molecule has 1 atom stereocenters. The number of morpholine rings is 1. The van der Waals surface area contributed by atoms with Crippen molar-refractivity contribution >= 4 is 23.3 Å². The van der Waals surface area contributed by atoms with Gasteiger partial charge in [0, 0.05) is 48.4 Å². The van der Waals surface area contributed by atoms with Crippen LogP contribution in [0.3, 0.4) is 0 Å². The largest absolute Gasteiger partial charge is 0.378 e. The van der Waals surface area contributed by atoms with Gasteiger partial charge in [0.15, 0.2) is 11.6 Å². The predicted octanol–water partition coefficient (Wildman–Crippen LogP) is 3.10. The zero-order valence-corrected chi connectivity index (χ0v) is 25.5. The molecule has 46 heavy (non-hydrogen) atoms. The third kappa shape index (κ3) is 6.75. The average molecular weight is 628 g/mol. The van der Waals surface area contributed by atoms with Crippen LogP contribution < -0.4 is 21.3 Å². The highest BCUT2D eigenvalue weighted by Gasteiger charge is 2.36. The number of anilines is 2. The Morgan fingerprint density at radius 3 is 2.33 bits per heavy atom. The van der Waals surface area contributed by atoms with Crippen molar-refractivity contribution < 1.29 is 18.7 Å². The van der Waals surface area contributed by atoms with E-state index in [4.69, 9.17) is 16.2 Å². The molecule has 1 saturated heterocycles. The first-order valence-electron chi connectivity index (χ1n) is 15.7. The number of nitrogens with zero attached hydrogens (tertiary/aromatic N) is 6. The molecule has 2 aromatic carbocycles. The van der Waals surface area contributed by atoms with Crippen LogP contribution in [0.2, 0.25) is 0 Å². The fourth-order valence-electron chi connectivity index (χ4n) is 6.37. The van der Waals surface area contributed by atoms with Crippen molar-refractivity contribution in [3.8, 4) is 22.5 Å². The summed E-state index contributed by atoms with van der Waals surface area (Å²) in [6.07, 6.45) is 4.90. The van der Waals surface area contributed by atoms with Crippen molar-refractivity contribution in [2.45, 2.75) is 38.1 Å². The summed E-state index contributed by atoms with van der Waals surface area (Å²) < 4.78 is 21.0. The number of rotatable bonds is 10. The molecule has 0 unspecified atom stereocenters. The van der Waals surface area contributed by atoms with E-state index in [-0.39, 0.29) is 18.2 Å². The summed E-state index contributed by atoms with van der Waals surface area (Å²) in [6.45, 7) is 2.80. The van der Waals surface area contributed by atoms with Crippen LogP contribution in [0.25, 0.3) is 22.5 Å². The van der Waals surface area contributed by atoms with Gasteiger partial charge in [-0.1, -0.05) is 24.3 Å². The average Bonchev–Trinajstić information content (AvgIpc) is 3.64. The maximum atomic E-state index is 15.6. The molecular weight excluding hydrogens is 589 g/mol. The van der Waals surface area contributed by atoms with Crippen molar-refractivity contribution in [1.82, 2.24) is 25.6 Å². The smallest absolute Gasteiger partial charge is 0.240 e. The summed E-state index contributed by atoms with van der Waals surface area (Å²) in [5.74, 6) is -0.287. The number of aromatic amines is 1. The fraction of sp³-hybridized carbons (Fsp3) is 0.394. The fourth-order valence-corrected chi connectivity index (χ4v) is 6.37. The molecule has 12 nitrogen and oxygen atoms in total. The van der Waals surface area contributed by atoms with Gasteiger partial charge in [0.25, 0.3) is 0 Å². The molecule has 4 aromatic rings. The summed E-state index contributed by atoms with van der Waals surface area (Å²) in [6, 6.07) is 15.1. The van der Waals surface area contributed by atoms with E-state index in [0.717, 1.165) is 18.4 Å². The number of hydrogen-bond donors (Lipinski definition) is 3. The molecular formula is C33H38FN9O3. The number of primary amides is 1. The van der Waals surface area contributed by atoms with Gasteiger partial charge in [-0.2, -0.15) is 5.21 Å². The monoisotopic (exact) mass is 627 g/mol. The van der Waals surface area contributed by atoms with E-state index in [1.54, 1.807) is 41.4 Å². The Bertz CT molecular complexity index is 1620. The summed E-state index contributed by atoms with van der Waals surface area (Å²) in [5.41, 5.74) is 15.1. The predicted molar refractivity (Wildman–Crippen MR) is 171 cm³/mol. The minimum absolute atomic E-state index is 0.141. The first-order valence-corrected chi connectivity index (χ1v) is 15.7. The Balaban J connectivity index is 1.27. The highest BCUT2D eigenvalue weighted by atomic mass is 19.1. The first-order chi connectivity index (χ1) is 22.4. The molecule has 0 radical (unpaired) electrons. The molecule has 1 aliphatic heterocycles. The molecule has 2 aromatic heterocycles. The van der Waals surface area contributed by atoms with Crippen LogP contribution in [0.15, 0.2) is 60.8 Å². The van der Waals surface area contributed by atoms with Crippen LogP contribution >= 0.6 is 0 Å². The third-order valence-corrected chi connectivity index (χ3v) is 9.03. The van der Waals surface area contributed by atoms with Crippen LogP contribution in [0.5, 0.6) is 0 Å². The lowest BCUT2D eigenvalue weighted by Gasteiger charge is -2.35. The number of hydrogen-bond acceptors (Lipinski definition) is 9. The molecule has 0 spiro atoms. The molecule has 13 heteroatoms. The Kier molecular flexibility index (Phi) is 9.60. The quantitative estimate of drug-likeness (QED) is 0.239. The minimum atomic E-state index is -0.952. The van der Waals surface area contributed by atoms with Crippen molar-refractivity contribution in [3.63, 3.8) is 0 Å². The zero-order chi connectivity index (χ0) is 32.0. The van der Waals surface area contributed by atoms with Gasteiger partial charge in [0.2, 0.25) is 17.6 Å². The summed E-state index contributed by atoms with van der Waals surface area (Å²) in [7, 11) is 0. The molecule has 5 N–H and O–H groups in total. The lowest BCUT2D eigenvalue weighted by atomic mass is 9.81. The van der Waals surface area contributed by atoms with E-state index in [2.05, 4.69) is 25.6 Å². The summed E-state index contributed by atoms with van der Waals surface area (Å²) in [5, 5.41) is 14.1. The third-order valence-electron chi connectivity index (χ3n) is 9.03. The SMILES string of the molecule is NCC1CCC(C(=O)N(c2ccc(-c3nn[nH]n3)cc2)[C@@H](Cc2ccc(-c3ccnc(N4CCOCC4)c3F)cc2)C(N)=O)CC1. The van der Waals surface area contributed by atoms with Gasteiger partial charge in [0.1, 0.15) is 6.04 Å². The van der Waals surface area contributed by atoms with Crippen molar-refractivity contribution in [1.29, 1.82) is 0 Å². The number of H-pyrrole nitrogens is 1. The van der Waals surface area contributed by atoms with Gasteiger partial charge in [-0.3, -0.25) is 14.5 Å². The van der Waals surface area contributed by atoms with E-state index < -0.39 is 17.8 Å². The van der Waals surface area contributed by atoms with Gasteiger partial charge >= 0.3 is 0 Å². The molecule has 240 valence electrons. The Morgan fingerprint density at radius 1 is 1.00 bits per heavy atom. The van der Waals surface area contributed by atoms with Gasteiger partial charge in [-0.25, -0.2) is 9.37 Å². The van der Waals surface area contributed by atoms with Crippen LogP contribution in [0, 0.1) is 17.7 Å². The molecule has 6 rings (SSSR count). The topological polar surface area (TPSA) is 169 Å². The van der Waals surface area contributed by atoms with Crippen LogP contribution in [0.1, 0.15) is 31.2 Å². The molecule has 2 fully saturated rings. The number of ether oxygens (including phenoxy) is 1. The number of aromatic nitrogens is 5. The number of tetrazole rings is 1. The standard InChI is InChI=1S/C33H38FN9O3/c34-29-27(13-14-37-32(29)42-15-17-46-18-16-42)23-5-1-21(2-6-23)19-28(30(36)44)43(33(45)25-7-3-22(20-35)4-8-25)26-11-9-24(10-12-26)31-38-40-41-39-31/h1-2,5-6,9-14,22,25,28H,3-4,7-8,15-20,35H2,(H2,36,44)(H,38,39,40,41)/t22?,25?,28-/m0/s1. The van der Waals surface area contributed by atoms with Crippen molar-refractivity contribution in [2.75, 3.05) is 42.6 Å². The molecule has 0 bridgehead atoms. The number of carbonyl (C=O) groups is 2. The Morgan fingerprint density at radius 2 is 1.70 bits per heavy atom. The maximum Gasteiger partial charge on any atom is 0.240 e. The van der Waals surface area contributed by atoms with Gasteiger partial charge < -0.3 is 21.1 Å².